The molecule has 4 rings (SSSR count). The molecule has 8 nitrogen and oxygen atoms in total. The van der Waals surface area contributed by atoms with Crippen LogP contribution in [0.25, 0.3) is 0 Å². The molecular weight excluding hydrogens is 518 g/mol. The lowest BCUT2D eigenvalue weighted by Gasteiger charge is -2.34. The molecule has 2 aromatic rings. The molecule has 2 fully saturated rings. The zero-order valence-corrected chi connectivity index (χ0v) is 24.7. The number of amides is 1. The van der Waals surface area contributed by atoms with E-state index >= 15 is 0 Å². The molecule has 1 aromatic carbocycles. The van der Waals surface area contributed by atoms with Gasteiger partial charge in [-0.05, 0) is 74.0 Å². The molecule has 0 saturated carbocycles. The zero-order chi connectivity index (χ0) is 27.3. The zero-order valence-electron chi connectivity index (χ0n) is 23.1. The monoisotopic (exact) mass is 559 g/mol. The Morgan fingerprint density at radius 3 is 2.58 bits per heavy atom. The van der Waals surface area contributed by atoms with Gasteiger partial charge in [-0.25, -0.2) is 15.0 Å². The maximum absolute atomic E-state index is 13.5. The van der Waals surface area contributed by atoms with Crippen molar-refractivity contribution in [3.05, 3.63) is 41.5 Å². The normalized spacial score (nSPS) is 21.2. The van der Waals surface area contributed by atoms with Gasteiger partial charge in [-0.3, -0.25) is 9.00 Å². The molecule has 0 radical (unpaired) electrons. The van der Waals surface area contributed by atoms with E-state index < -0.39 is 20.8 Å². The van der Waals surface area contributed by atoms with E-state index in [0.29, 0.717) is 18.4 Å². The second kappa shape index (κ2) is 12.7. The predicted molar refractivity (Wildman–Crippen MR) is 158 cm³/mol. The van der Waals surface area contributed by atoms with Gasteiger partial charge in [0.05, 0.1) is 18.0 Å². The van der Waals surface area contributed by atoms with Gasteiger partial charge >= 0.3 is 0 Å². The Kier molecular flexibility index (Phi) is 9.55. The number of hydrogen-bond donors (Lipinski definition) is 1. The van der Waals surface area contributed by atoms with Crippen LogP contribution in [0.5, 0.6) is 0 Å². The summed E-state index contributed by atoms with van der Waals surface area (Å²) in [6.45, 7) is 4.94. The third kappa shape index (κ3) is 7.61. The summed E-state index contributed by atoms with van der Waals surface area (Å²) in [5, 5.41) is 12.5. The minimum atomic E-state index is -0.700. The highest BCUT2D eigenvalue weighted by atomic mass is 32.3. The average Bonchev–Trinajstić information content (AvgIpc) is 3.31. The Morgan fingerprint density at radius 1 is 1.21 bits per heavy atom. The molecule has 0 atom stereocenters. The Morgan fingerprint density at radius 2 is 1.92 bits per heavy atom. The van der Waals surface area contributed by atoms with Crippen LogP contribution in [0.3, 0.4) is 0 Å². The van der Waals surface area contributed by atoms with Gasteiger partial charge in [0.15, 0.2) is 5.69 Å². The van der Waals surface area contributed by atoms with Crippen LogP contribution in [0, 0.1) is 17.2 Å². The lowest BCUT2D eigenvalue weighted by atomic mass is 9.92. The van der Waals surface area contributed by atoms with Crippen molar-refractivity contribution in [3.63, 3.8) is 0 Å². The Balaban J connectivity index is 1.55. The molecule has 0 bridgehead atoms. The molecule has 3 heterocycles. The number of rotatable bonds is 9. The number of ether oxygens (including phenoxy) is 1. The summed E-state index contributed by atoms with van der Waals surface area (Å²) in [5.74, 6) is 3.37. The maximum Gasteiger partial charge on any atom is 0.291 e. The summed E-state index contributed by atoms with van der Waals surface area (Å²) in [5.41, 5.74) is 3.21. The number of anilines is 2. The van der Waals surface area contributed by atoms with E-state index in [1.807, 2.05) is 12.1 Å². The second-order valence-electron chi connectivity index (χ2n) is 11.4. The van der Waals surface area contributed by atoms with Crippen molar-refractivity contribution in [2.75, 3.05) is 65.9 Å². The van der Waals surface area contributed by atoms with Crippen LogP contribution < -0.4 is 10.2 Å². The third-order valence-electron chi connectivity index (χ3n) is 7.42. The van der Waals surface area contributed by atoms with E-state index in [9.17, 15) is 14.3 Å². The van der Waals surface area contributed by atoms with Crippen LogP contribution in [0.15, 0.2) is 24.4 Å². The quantitative estimate of drug-likeness (QED) is 0.453. The molecule has 1 aromatic heterocycles. The van der Waals surface area contributed by atoms with Crippen molar-refractivity contribution >= 4 is 38.1 Å². The lowest BCUT2D eigenvalue weighted by molar-refractivity contribution is 0.0826. The van der Waals surface area contributed by atoms with Gasteiger partial charge in [0.1, 0.15) is 12.8 Å². The highest BCUT2D eigenvalue weighted by molar-refractivity contribution is 8.32. The fraction of sp³-hybridized carbons (Fsp3) is 0.607. The van der Waals surface area contributed by atoms with E-state index in [2.05, 4.69) is 53.0 Å². The van der Waals surface area contributed by atoms with Crippen molar-refractivity contribution in [1.82, 2.24) is 9.55 Å². The molecule has 10 heteroatoms. The van der Waals surface area contributed by atoms with Gasteiger partial charge in [-0.1, -0.05) is 13.0 Å². The summed E-state index contributed by atoms with van der Waals surface area (Å²) < 4.78 is 19.3. The van der Waals surface area contributed by atoms with Gasteiger partial charge in [0, 0.05) is 47.3 Å². The fourth-order valence-corrected chi connectivity index (χ4v) is 6.86. The first-order valence-corrected chi connectivity index (χ1v) is 17.9. The molecular formula is C28H41N5O3S2. The van der Waals surface area contributed by atoms with E-state index in [4.69, 9.17) is 4.74 Å². The van der Waals surface area contributed by atoms with Crippen molar-refractivity contribution in [1.29, 1.82) is 5.26 Å². The van der Waals surface area contributed by atoms with Gasteiger partial charge in [-0.2, -0.15) is 5.26 Å². The molecule has 2 aliphatic heterocycles. The van der Waals surface area contributed by atoms with E-state index in [1.54, 1.807) is 10.8 Å². The molecule has 208 valence electrons. The topological polar surface area (TPSA) is 100 Å². The molecule has 2 aliphatic rings. The number of benzene rings is 1. The number of hydrogen-bond acceptors (Lipinski definition) is 6. The molecule has 38 heavy (non-hydrogen) atoms. The molecule has 1 amide bonds. The molecule has 1 N–H and O–H groups in total. The van der Waals surface area contributed by atoms with Crippen LogP contribution in [-0.4, -0.2) is 75.4 Å². The van der Waals surface area contributed by atoms with Crippen molar-refractivity contribution < 1.29 is 13.7 Å². The molecule has 0 unspecified atom stereocenters. The molecule has 2 saturated heterocycles. The highest BCUT2D eigenvalue weighted by Crippen LogP contribution is 2.36. The van der Waals surface area contributed by atoms with E-state index in [-0.39, 0.29) is 24.2 Å². The summed E-state index contributed by atoms with van der Waals surface area (Å²) in [6, 6.07) is 8.35. The summed E-state index contributed by atoms with van der Waals surface area (Å²) in [6.07, 6.45) is 12.4. The number of carbonyl (C=O) groups is 1. The van der Waals surface area contributed by atoms with Crippen LogP contribution in [0.2, 0.25) is 0 Å². The fourth-order valence-electron chi connectivity index (χ4n) is 4.95. The van der Waals surface area contributed by atoms with Gasteiger partial charge in [0.25, 0.3) is 5.91 Å². The Bertz CT molecular complexity index is 1180. The Labute approximate surface area is 230 Å². The first-order chi connectivity index (χ1) is 18.1. The first-order valence-electron chi connectivity index (χ1n) is 13.4. The van der Waals surface area contributed by atoms with Crippen molar-refractivity contribution in [2.45, 2.75) is 45.3 Å². The summed E-state index contributed by atoms with van der Waals surface area (Å²) in [7, 11) is -1.38. The van der Waals surface area contributed by atoms with E-state index in [0.717, 1.165) is 67.4 Å². The van der Waals surface area contributed by atoms with Gasteiger partial charge < -0.3 is 19.5 Å². The molecule has 0 spiro atoms. The number of aromatic nitrogens is 2. The average molecular weight is 560 g/mol. The summed E-state index contributed by atoms with van der Waals surface area (Å²) >= 11 is 0. The standard InChI is InChI=1S/C28H41N5O3S2/c1-21-7-11-32(12-8-21)26-17-23(22-9-14-37(35)15-10-22)5-6-25(26)31-28(34)27-30-24(18-29)19-33(27)20-36-13-16-38(2,3)4/h5-6,17,19,21-22H,7-16,20H2,1-4H3,(H,31,34). The Hall–Kier alpha value is -2.35. The third-order valence-corrected chi connectivity index (χ3v) is 10.2. The van der Waals surface area contributed by atoms with Crippen molar-refractivity contribution in [3.8, 4) is 6.07 Å². The second-order valence-corrected chi connectivity index (χ2v) is 17.7. The largest absolute Gasteiger partial charge is 0.370 e. The highest BCUT2D eigenvalue weighted by Gasteiger charge is 2.25. The number of imidazole rings is 1. The first kappa shape index (κ1) is 28.7. The predicted octanol–water partition coefficient (Wildman–Crippen LogP) is 4.54. The minimum absolute atomic E-state index is 0.168. The lowest BCUT2D eigenvalue weighted by Crippen LogP contribution is -2.34. The van der Waals surface area contributed by atoms with Crippen LogP contribution in [0.1, 0.15) is 60.4 Å². The SMILES string of the molecule is CC1CCN(c2cc(C3CCS(=O)CC3)ccc2NC(=O)c2nc(C#N)cn2COCCS(C)(C)C)CC1. The van der Waals surface area contributed by atoms with Crippen molar-refractivity contribution in [2.24, 2.45) is 5.92 Å². The van der Waals surface area contributed by atoms with Crippen LogP contribution in [0.4, 0.5) is 11.4 Å². The van der Waals surface area contributed by atoms with E-state index in [1.165, 1.54) is 5.56 Å². The minimum Gasteiger partial charge on any atom is -0.370 e. The number of nitriles is 1. The van der Waals surface area contributed by atoms with Gasteiger partial charge in [0.2, 0.25) is 5.82 Å². The maximum atomic E-state index is 13.5. The number of piperidine rings is 1. The van der Waals surface area contributed by atoms with Gasteiger partial charge in [-0.15, -0.1) is 0 Å². The number of carbonyl (C=O) groups excluding carboxylic acids is 1. The smallest absolute Gasteiger partial charge is 0.291 e. The molecule has 0 aliphatic carbocycles. The number of nitrogens with zero attached hydrogens (tertiary/aromatic N) is 4. The summed E-state index contributed by atoms with van der Waals surface area (Å²) in [4.78, 5) is 20.1. The number of nitrogens with one attached hydrogen (secondary N) is 1. The van der Waals surface area contributed by atoms with Crippen LogP contribution in [-0.2, 0) is 22.3 Å². The van der Waals surface area contributed by atoms with Crippen LogP contribution >= 0.6 is 10.0 Å².